The molecule has 0 saturated carbocycles. The fraction of sp³-hybridized carbons (Fsp3) is 0.267. The lowest BCUT2D eigenvalue weighted by molar-refractivity contribution is -0.116. The summed E-state index contributed by atoms with van der Waals surface area (Å²) < 4.78 is 14.1. The van der Waals surface area contributed by atoms with Gasteiger partial charge in [-0.05, 0) is 25.2 Å². The van der Waals surface area contributed by atoms with Gasteiger partial charge in [0.2, 0.25) is 11.8 Å². The Morgan fingerprint density at radius 2 is 2.09 bits per heavy atom. The van der Waals surface area contributed by atoms with Gasteiger partial charge in [-0.25, -0.2) is 9.37 Å². The van der Waals surface area contributed by atoms with Gasteiger partial charge in [0.1, 0.15) is 5.82 Å². The molecule has 122 valence electrons. The van der Waals surface area contributed by atoms with Crippen LogP contribution in [-0.4, -0.2) is 30.4 Å². The van der Waals surface area contributed by atoms with E-state index in [4.69, 9.17) is 0 Å². The van der Waals surface area contributed by atoms with E-state index >= 15 is 0 Å². The number of thiazole rings is 1. The lowest BCUT2D eigenvalue weighted by Gasteiger charge is -2.05. The molecule has 1 aromatic heterocycles. The third kappa shape index (κ3) is 4.83. The maximum absolute atomic E-state index is 14.1. The van der Waals surface area contributed by atoms with Crippen molar-refractivity contribution in [1.82, 2.24) is 10.3 Å². The van der Waals surface area contributed by atoms with E-state index in [0.717, 1.165) is 0 Å². The van der Waals surface area contributed by atoms with Crippen molar-refractivity contribution in [3.8, 4) is 11.3 Å². The van der Waals surface area contributed by atoms with Crippen molar-refractivity contribution < 1.29 is 14.0 Å². The molecule has 23 heavy (non-hydrogen) atoms. The van der Waals surface area contributed by atoms with Gasteiger partial charge in [-0.1, -0.05) is 0 Å². The van der Waals surface area contributed by atoms with Crippen molar-refractivity contribution in [2.75, 3.05) is 24.2 Å². The maximum atomic E-state index is 14.1. The molecule has 6 nitrogen and oxygen atoms in total. The summed E-state index contributed by atoms with van der Waals surface area (Å²) in [7, 11) is 1.77. The van der Waals surface area contributed by atoms with Gasteiger partial charge < -0.3 is 16.0 Å². The maximum Gasteiger partial charge on any atom is 0.227 e. The standard InChI is InChI=1S/C15H17FN4O2S/c1-9(21)18-10-3-4-11(12(16)7-10)13-8-23-15(19-13)20-14(22)5-6-17-2/h3-4,7-8,17H,5-6H2,1-2H3,(H,18,21)(H,19,20,22). The number of carbonyl (C=O) groups excluding carboxylic acids is 2. The molecule has 0 aliphatic heterocycles. The Kier molecular flexibility index (Phi) is 5.78. The molecule has 1 aromatic carbocycles. The molecular weight excluding hydrogens is 319 g/mol. The molecular formula is C15H17FN4O2S. The summed E-state index contributed by atoms with van der Waals surface area (Å²) >= 11 is 1.23. The van der Waals surface area contributed by atoms with Gasteiger partial charge in [-0.15, -0.1) is 11.3 Å². The van der Waals surface area contributed by atoms with Crippen LogP contribution in [0.15, 0.2) is 23.6 Å². The fourth-order valence-corrected chi connectivity index (χ4v) is 2.61. The first-order chi connectivity index (χ1) is 11.0. The number of hydrogen-bond donors (Lipinski definition) is 3. The minimum Gasteiger partial charge on any atom is -0.326 e. The molecule has 0 atom stereocenters. The number of halogens is 1. The van der Waals surface area contributed by atoms with Gasteiger partial charge >= 0.3 is 0 Å². The molecule has 8 heteroatoms. The number of benzene rings is 1. The van der Waals surface area contributed by atoms with E-state index in [1.54, 1.807) is 24.6 Å². The monoisotopic (exact) mass is 336 g/mol. The van der Waals surface area contributed by atoms with Gasteiger partial charge in [0.05, 0.1) is 5.69 Å². The Morgan fingerprint density at radius 1 is 1.30 bits per heavy atom. The topological polar surface area (TPSA) is 83.1 Å². The minimum absolute atomic E-state index is 0.151. The predicted octanol–water partition coefficient (Wildman–Crippen LogP) is 2.46. The van der Waals surface area contributed by atoms with Gasteiger partial charge in [-0.2, -0.15) is 0 Å². The van der Waals surface area contributed by atoms with Crippen LogP contribution in [0.1, 0.15) is 13.3 Å². The molecule has 0 aliphatic carbocycles. The first-order valence-corrected chi connectivity index (χ1v) is 7.85. The second-order valence-corrected chi connectivity index (χ2v) is 5.67. The van der Waals surface area contributed by atoms with Crippen LogP contribution in [0.4, 0.5) is 15.2 Å². The van der Waals surface area contributed by atoms with E-state index in [1.165, 1.54) is 24.3 Å². The van der Waals surface area contributed by atoms with Crippen molar-refractivity contribution in [3.63, 3.8) is 0 Å². The van der Waals surface area contributed by atoms with Crippen LogP contribution in [0.25, 0.3) is 11.3 Å². The van der Waals surface area contributed by atoms with Crippen LogP contribution >= 0.6 is 11.3 Å². The molecule has 2 rings (SSSR count). The zero-order valence-corrected chi connectivity index (χ0v) is 13.6. The molecule has 1 heterocycles. The van der Waals surface area contributed by atoms with Gasteiger partial charge in [0, 0.05) is 36.5 Å². The van der Waals surface area contributed by atoms with Crippen LogP contribution < -0.4 is 16.0 Å². The smallest absolute Gasteiger partial charge is 0.227 e. The number of aromatic nitrogens is 1. The third-order valence-electron chi connectivity index (χ3n) is 2.92. The molecule has 0 bridgehead atoms. The lowest BCUT2D eigenvalue weighted by Crippen LogP contribution is -2.18. The highest BCUT2D eigenvalue weighted by Gasteiger charge is 2.12. The molecule has 2 aromatic rings. The van der Waals surface area contributed by atoms with E-state index in [9.17, 15) is 14.0 Å². The molecule has 2 amide bonds. The largest absolute Gasteiger partial charge is 0.326 e. The number of rotatable bonds is 6. The van der Waals surface area contributed by atoms with E-state index in [0.29, 0.717) is 35.0 Å². The summed E-state index contributed by atoms with van der Waals surface area (Å²) in [5.74, 6) is -0.909. The third-order valence-corrected chi connectivity index (χ3v) is 3.68. The molecule has 0 saturated heterocycles. The number of carbonyl (C=O) groups is 2. The normalized spacial score (nSPS) is 10.4. The summed E-state index contributed by atoms with van der Waals surface area (Å²) in [6.07, 6.45) is 0.338. The van der Waals surface area contributed by atoms with Crippen LogP contribution in [0.3, 0.4) is 0 Å². The number of hydrogen-bond acceptors (Lipinski definition) is 5. The summed E-state index contributed by atoms with van der Waals surface area (Å²) in [5.41, 5.74) is 1.13. The van der Waals surface area contributed by atoms with Gasteiger partial charge in [-0.3, -0.25) is 9.59 Å². The Balaban J connectivity index is 2.11. The van der Waals surface area contributed by atoms with Gasteiger partial charge in [0.15, 0.2) is 5.13 Å². The van der Waals surface area contributed by atoms with Crippen molar-refractivity contribution >= 4 is 34.0 Å². The van der Waals surface area contributed by atoms with Gasteiger partial charge in [0.25, 0.3) is 0 Å². The Morgan fingerprint density at radius 3 is 2.74 bits per heavy atom. The SMILES string of the molecule is CNCCC(=O)Nc1nc(-c2ccc(NC(C)=O)cc2F)cs1. The van der Waals surface area contributed by atoms with Crippen LogP contribution in [-0.2, 0) is 9.59 Å². The summed E-state index contributed by atoms with van der Waals surface area (Å²) in [5, 5.41) is 10.2. The Labute approximate surface area is 137 Å². The number of nitrogens with one attached hydrogen (secondary N) is 3. The Bertz CT molecular complexity index is 717. The fourth-order valence-electron chi connectivity index (χ4n) is 1.88. The first kappa shape index (κ1) is 17.0. The van der Waals surface area contributed by atoms with Crippen molar-refractivity contribution in [2.45, 2.75) is 13.3 Å². The lowest BCUT2D eigenvalue weighted by atomic mass is 10.1. The molecule has 0 aliphatic rings. The number of anilines is 2. The zero-order chi connectivity index (χ0) is 16.8. The van der Waals surface area contributed by atoms with Crippen LogP contribution in [0.5, 0.6) is 0 Å². The minimum atomic E-state index is -0.491. The molecule has 0 spiro atoms. The molecule has 3 N–H and O–H groups in total. The number of nitrogens with zero attached hydrogens (tertiary/aromatic N) is 1. The van der Waals surface area contributed by atoms with Crippen molar-refractivity contribution in [1.29, 1.82) is 0 Å². The second-order valence-electron chi connectivity index (χ2n) is 4.82. The van der Waals surface area contributed by atoms with Crippen molar-refractivity contribution in [3.05, 3.63) is 29.4 Å². The predicted molar refractivity (Wildman–Crippen MR) is 89.0 cm³/mol. The average molecular weight is 336 g/mol. The first-order valence-electron chi connectivity index (χ1n) is 6.97. The summed E-state index contributed by atoms with van der Waals surface area (Å²) in [4.78, 5) is 26.8. The highest BCUT2D eigenvalue weighted by molar-refractivity contribution is 7.14. The molecule has 0 fully saturated rings. The van der Waals surface area contributed by atoms with Crippen LogP contribution in [0, 0.1) is 5.82 Å². The highest BCUT2D eigenvalue weighted by Crippen LogP contribution is 2.28. The van der Waals surface area contributed by atoms with Crippen molar-refractivity contribution in [2.24, 2.45) is 0 Å². The molecule has 0 unspecified atom stereocenters. The van der Waals surface area contributed by atoms with E-state index in [2.05, 4.69) is 20.9 Å². The zero-order valence-electron chi connectivity index (χ0n) is 12.8. The van der Waals surface area contributed by atoms with E-state index in [1.807, 2.05) is 0 Å². The van der Waals surface area contributed by atoms with E-state index in [-0.39, 0.29) is 11.8 Å². The number of amides is 2. The second kappa shape index (κ2) is 7.80. The summed E-state index contributed by atoms with van der Waals surface area (Å²) in [6, 6.07) is 4.38. The van der Waals surface area contributed by atoms with E-state index < -0.39 is 5.82 Å². The Hall–Kier alpha value is -2.32. The molecule has 0 radical (unpaired) electrons. The summed E-state index contributed by atoms with van der Waals surface area (Å²) in [6.45, 7) is 1.93. The average Bonchev–Trinajstić information content (AvgIpc) is 2.92. The van der Waals surface area contributed by atoms with Crippen LogP contribution in [0.2, 0.25) is 0 Å². The quantitative estimate of drug-likeness (QED) is 0.757. The highest BCUT2D eigenvalue weighted by atomic mass is 32.1.